The molecule has 2 heterocycles. The summed E-state index contributed by atoms with van der Waals surface area (Å²) in [5.74, 6) is -0.0616. The van der Waals surface area contributed by atoms with Crippen molar-refractivity contribution >= 4 is 16.8 Å². The van der Waals surface area contributed by atoms with Gasteiger partial charge in [-0.1, -0.05) is 11.6 Å². The second kappa shape index (κ2) is 5.88. The lowest BCUT2D eigenvalue weighted by Crippen LogP contribution is -2.30. The van der Waals surface area contributed by atoms with Crippen LogP contribution in [0.5, 0.6) is 0 Å². The molecule has 0 spiro atoms. The SMILES string of the molecule is Cc1ccc2nc(-c3cccn3C)cc(C(=O)NC(C)C)c2c1. The molecule has 0 bridgehead atoms. The van der Waals surface area contributed by atoms with Crippen LogP contribution in [-0.4, -0.2) is 21.5 Å². The molecule has 2 aromatic heterocycles. The molecule has 0 atom stereocenters. The highest BCUT2D eigenvalue weighted by molar-refractivity contribution is 6.07. The lowest BCUT2D eigenvalue weighted by Gasteiger charge is -2.13. The van der Waals surface area contributed by atoms with Crippen LogP contribution in [0, 0.1) is 6.92 Å². The van der Waals surface area contributed by atoms with Crippen LogP contribution in [0.15, 0.2) is 42.6 Å². The molecule has 4 nitrogen and oxygen atoms in total. The molecular formula is C19H21N3O. The number of nitrogens with one attached hydrogen (secondary N) is 1. The van der Waals surface area contributed by atoms with Crippen LogP contribution in [0.4, 0.5) is 0 Å². The lowest BCUT2D eigenvalue weighted by molar-refractivity contribution is 0.0945. The molecular weight excluding hydrogens is 286 g/mol. The molecule has 0 radical (unpaired) electrons. The number of hydrogen-bond acceptors (Lipinski definition) is 2. The Labute approximate surface area is 136 Å². The summed E-state index contributed by atoms with van der Waals surface area (Å²) in [5, 5.41) is 3.87. The van der Waals surface area contributed by atoms with Gasteiger partial charge < -0.3 is 9.88 Å². The predicted molar refractivity (Wildman–Crippen MR) is 93.5 cm³/mol. The molecule has 0 aliphatic carbocycles. The van der Waals surface area contributed by atoms with Crippen LogP contribution >= 0.6 is 0 Å². The Morgan fingerprint density at radius 2 is 2.00 bits per heavy atom. The molecule has 0 saturated heterocycles. The minimum atomic E-state index is -0.0616. The first-order valence-electron chi connectivity index (χ1n) is 7.79. The summed E-state index contributed by atoms with van der Waals surface area (Å²) in [6.07, 6.45) is 1.98. The normalized spacial score (nSPS) is 11.2. The van der Waals surface area contributed by atoms with Gasteiger partial charge in [0.15, 0.2) is 0 Å². The number of amides is 1. The van der Waals surface area contributed by atoms with Gasteiger partial charge in [-0.2, -0.15) is 0 Å². The minimum absolute atomic E-state index is 0.0616. The van der Waals surface area contributed by atoms with Crippen molar-refractivity contribution in [2.75, 3.05) is 0 Å². The monoisotopic (exact) mass is 307 g/mol. The van der Waals surface area contributed by atoms with E-state index in [2.05, 4.69) is 5.32 Å². The molecule has 1 N–H and O–H groups in total. The van der Waals surface area contributed by atoms with E-state index in [-0.39, 0.29) is 11.9 Å². The quantitative estimate of drug-likeness (QED) is 0.802. The van der Waals surface area contributed by atoms with E-state index in [0.717, 1.165) is 27.9 Å². The first-order valence-corrected chi connectivity index (χ1v) is 7.79. The number of aryl methyl sites for hydroxylation is 2. The van der Waals surface area contributed by atoms with Crippen LogP contribution in [0.1, 0.15) is 29.8 Å². The standard InChI is InChI=1S/C19H21N3O/c1-12(2)20-19(23)15-11-17(18-6-5-9-22(18)4)21-16-8-7-13(3)10-14(15)16/h5-12H,1-4H3,(H,20,23). The van der Waals surface area contributed by atoms with Crippen molar-refractivity contribution in [2.24, 2.45) is 7.05 Å². The fourth-order valence-corrected chi connectivity index (χ4v) is 2.73. The molecule has 0 aliphatic heterocycles. The molecule has 0 unspecified atom stereocenters. The fraction of sp³-hybridized carbons (Fsp3) is 0.263. The van der Waals surface area contributed by atoms with Crippen LogP contribution in [0.3, 0.4) is 0 Å². The zero-order chi connectivity index (χ0) is 16.6. The molecule has 1 aromatic carbocycles. The number of pyridine rings is 1. The molecule has 118 valence electrons. The minimum Gasteiger partial charge on any atom is -0.350 e. The van der Waals surface area contributed by atoms with Gasteiger partial charge in [-0.3, -0.25) is 4.79 Å². The van der Waals surface area contributed by atoms with Gasteiger partial charge in [-0.15, -0.1) is 0 Å². The second-order valence-electron chi connectivity index (χ2n) is 6.21. The van der Waals surface area contributed by atoms with Crippen LogP contribution in [0.25, 0.3) is 22.3 Å². The molecule has 0 saturated carbocycles. The highest BCUT2D eigenvalue weighted by Gasteiger charge is 2.15. The number of carbonyl (C=O) groups is 1. The number of hydrogen-bond donors (Lipinski definition) is 1. The van der Waals surface area contributed by atoms with Gasteiger partial charge in [0.2, 0.25) is 0 Å². The van der Waals surface area contributed by atoms with E-state index in [0.29, 0.717) is 5.56 Å². The van der Waals surface area contributed by atoms with E-state index in [9.17, 15) is 4.79 Å². The van der Waals surface area contributed by atoms with E-state index in [1.165, 1.54) is 0 Å². The summed E-state index contributed by atoms with van der Waals surface area (Å²) < 4.78 is 2.01. The van der Waals surface area contributed by atoms with Crippen LogP contribution in [-0.2, 0) is 7.05 Å². The van der Waals surface area contributed by atoms with Gasteiger partial charge in [0.1, 0.15) is 0 Å². The number of benzene rings is 1. The lowest BCUT2D eigenvalue weighted by atomic mass is 10.0. The molecule has 3 rings (SSSR count). The Balaban J connectivity index is 2.24. The Morgan fingerprint density at radius 3 is 2.65 bits per heavy atom. The predicted octanol–water partition coefficient (Wildman–Crippen LogP) is 3.69. The van der Waals surface area contributed by atoms with E-state index < -0.39 is 0 Å². The van der Waals surface area contributed by atoms with Gasteiger partial charge in [-0.05, 0) is 51.1 Å². The van der Waals surface area contributed by atoms with Crippen molar-refractivity contribution < 1.29 is 4.79 Å². The third kappa shape index (κ3) is 2.97. The van der Waals surface area contributed by atoms with Gasteiger partial charge in [-0.25, -0.2) is 4.98 Å². The van der Waals surface area contributed by atoms with Gasteiger partial charge in [0, 0.05) is 24.7 Å². The van der Waals surface area contributed by atoms with Crippen molar-refractivity contribution in [3.63, 3.8) is 0 Å². The molecule has 0 aliphatic rings. The molecule has 0 fully saturated rings. The van der Waals surface area contributed by atoms with E-state index in [1.54, 1.807) is 0 Å². The molecule has 1 amide bonds. The second-order valence-corrected chi connectivity index (χ2v) is 6.21. The van der Waals surface area contributed by atoms with Crippen molar-refractivity contribution in [3.8, 4) is 11.4 Å². The number of rotatable bonds is 3. The first kappa shape index (κ1) is 15.3. The number of nitrogens with zero attached hydrogens (tertiary/aromatic N) is 2. The van der Waals surface area contributed by atoms with Crippen molar-refractivity contribution in [2.45, 2.75) is 26.8 Å². The zero-order valence-electron chi connectivity index (χ0n) is 13.9. The largest absolute Gasteiger partial charge is 0.350 e. The number of aromatic nitrogens is 2. The number of carbonyl (C=O) groups excluding carboxylic acids is 1. The third-order valence-electron chi connectivity index (χ3n) is 3.83. The fourth-order valence-electron chi connectivity index (χ4n) is 2.73. The first-order chi connectivity index (χ1) is 11.0. The van der Waals surface area contributed by atoms with E-state index >= 15 is 0 Å². The van der Waals surface area contributed by atoms with Gasteiger partial charge in [0.25, 0.3) is 5.91 Å². The highest BCUT2D eigenvalue weighted by Crippen LogP contribution is 2.26. The van der Waals surface area contributed by atoms with E-state index in [1.807, 2.05) is 75.0 Å². The summed E-state index contributed by atoms with van der Waals surface area (Å²) in [7, 11) is 1.98. The van der Waals surface area contributed by atoms with Crippen LogP contribution < -0.4 is 5.32 Å². The summed E-state index contributed by atoms with van der Waals surface area (Å²) in [4.78, 5) is 17.4. The zero-order valence-corrected chi connectivity index (χ0v) is 13.9. The summed E-state index contributed by atoms with van der Waals surface area (Å²) in [6, 6.07) is 12.0. The molecule has 23 heavy (non-hydrogen) atoms. The Hall–Kier alpha value is -2.62. The maximum Gasteiger partial charge on any atom is 0.252 e. The topological polar surface area (TPSA) is 46.9 Å². The highest BCUT2D eigenvalue weighted by atomic mass is 16.1. The summed E-state index contributed by atoms with van der Waals surface area (Å²) >= 11 is 0. The number of fused-ring (bicyclic) bond motifs is 1. The van der Waals surface area contributed by atoms with Crippen molar-refractivity contribution in [3.05, 3.63) is 53.7 Å². The maximum absolute atomic E-state index is 12.6. The third-order valence-corrected chi connectivity index (χ3v) is 3.83. The average Bonchev–Trinajstić information content (AvgIpc) is 2.91. The molecule has 3 aromatic rings. The average molecular weight is 307 g/mol. The van der Waals surface area contributed by atoms with E-state index in [4.69, 9.17) is 4.98 Å². The van der Waals surface area contributed by atoms with Crippen LogP contribution in [0.2, 0.25) is 0 Å². The summed E-state index contributed by atoms with van der Waals surface area (Å²) in [5.41, 5.74) is 4.42. The van der Waals surface area contributed by atoms with Crippen molar-refractivity contribution in [1.82, 2.24) is 14.9 Å². The van der Waals surface area contributed by atoms with Gasteiger partial charge in [0.05, 0.1) is 22.5 Å². The smallest absolute Gasteiger partial charge is 0.252 e. The summed E-state index contributed by atoms with van der Waals surface area (Å²) in [6.45, 7) is 5.95. The maximum atomic E-state index is 12.6. The molecule has 4 heteroatoms. The Kier molecular flexibility index (Phi) is 3.90. The van der Waals surface area contributed by atoms with Crippen molar-refractivity contribution in [1.29, 1.82) is 0 Å². The van der Waals surface area contributed by atoms with Gasteiger partial charge >= 0.3 is 0 Å². The Morgan fingerprint density at radius 1 is 1.22 bits per heavy atom. The Bertz CT molecular complexity index is 877.